The molecule has 1 aromatic rings. The molecule has 3 nitrogen and oxygen atoms in total. The second kappa shape index (κ2) is 7.67. The summed E-state index contributed by atoms with van der Waals surface area (Å²) in [6.07, 6.45) is 5.04. The number of piperidine rings is 1. The molecule has 0 aromatic heterocycles. The summed E-state index contributed by atoms with van der Waals surface area (Å²) >= 11 is 1.73. The van der Waals surface area contributed by atoms with Gasteiger partial charge in [0.05, 0.1) is 0 Å². The van der Waals surface area contributed by atoms with Gasteiger partial charge >= 0.3 is 0 Å². The van der Waals surface area contributed by atoms with E-state index in [0.717, 1.165) is 43.9 Å². The summed E-state index contributed by atoms with van der Waals surface area (Å²) in [4.78, 5) is 17.0. The van der Waals surface area contributed by atoms with Crippen LogP contribution in [0.5, 0.6) is 0 Å². The van der Waals surface area contributed by atoms with Crippen molar-refractivity contribution in [1.82, 2.24) is 9.80 Å². The quantitative estimate of drug-likeness (QED) is 0.826. The molecule has 23 heavy (non-hydrogen) atoms. The van der Waals surface area contributed by atoms with Crippen LogP contribution in [0.2, 0.25) is 0 Å². The van der Waals surface area contributed by atoms with Crippen molar-refractivity contribution in [2.24, 2.45) is 5.92 Å². The maximum atomic E-state index is 13.0. The Morgan fingerprint density at radius 2 is 2.00 bits per heavy atom. The fourth-order valence-electron chi connectivity index (χ4n) is 3.79. The summed E-state index contributed by atoms with van der Waals surface area (Å²) in [5.74, 6) is 1.62. The summed E-state index contributed by atoms with van der Waals surface area (Å²) < 4.78 is 13.0. The van der Waals surface area contributed by atoms with E-state index < -0.39 is 0 Å². The van der Waals surface area contributed by atoms with E-state index in [1.54, 1.807) is 11.8 Å². The van der Waals surface area contributed by atoms with Crippen LogP contribution in [0.3, 0.4) is 0 Å². The number of rotatable bonds is 5. The predicted molar refractivity (Wildman–Crippen MR) is 92.9 cm³/mol. The molecule has 0 spiro atoms. The highest BCUT2D eigenvalue weighted by Crippen LogP contribution is 2.29. The van der Waals surface area contributed by atoms with Crippen molar-refractivity contribution in [3.8, 4) is 0 Å². The van der Waals surface area contributed by atoms with Crippen molar-refractivity contribution < 1.29 is 9.18 Å². The molecule has 0 saturated carbocycles. The molecule has 2 atom stereocenters. The summed E-state index contributed by atoms with van der Waals surface area (Å²) in [6.45, 7) is 3.75. The van der Waals surface area contributed by atoms with E-state index in [1.165, 1.54) is 18.6 Å². The molecule has 3 heterocycles. The molecule has 3 aliphatic rings. The Morgan fingerprint density at radius 3 is 2.74 bits per heavy atom. The first kappa shape index (κ1) is 16.8. The van der Waals surface area contributed by atoms with Crippen molar-refractivity contribution in [2.45, 2.75) is 31.8 Å². The summed E-state index contributed by atoms with van der Waals surface area (Å²) in [7, 11) is 0. The molecule has 1 amide bonds. The maximum Gasteiger partial charge on any atom is 0.223 e. The minimum atomic E-state index is -0.185. The average Bonchev–Trinajstić information content (AvgIpc) is 2.85. The third-order valence-electron chi connectivity index (χ3n) is 4.95. The monoisotopic (exact) mass is 336 g/mol. The number of fused-ring (bicyclic) bond motifs is 4. The Morgan fingerprint density at radius 1 is 1.22 bits per heavy atom. The van der Waals surface area contributed by atoms with Crippen LogP contribution in [0.15, 0.2) is 24.3 Å². The molecule has 1 aromatic carbocycles. The number of nitrogens with zero attached hydrogens (tertiary/aromatic N) is 2. The van der Waals surface area contributed by atoms with Crippen LogP contribution in [-0.2, 0) is 11.3 Å². The summed E-state index contributed by atoms with van der Waals surface area (Å²) in [5, 5.41) is 0. The lowest BCUT2D eigenvalue weighted by molar-refractivity contribution is -0.134. The van der Waals surface area contributed by atoms with E-state index in [2.05, 4.69) is 9.80 Å². The summed E-state index contributed by atoms with van der Waals surface area (Å²) in [5.41, 5.74) is 1.15. The highest BCUT2D eigenvalue weighted by molar-refractivity contribution is 7.98. The zero-order chi connectivity index (χ0) is 16.2. The van der Waals surface area contributed by atoms with E-state index in [4.69, 9.17) is 0 Å². The number of halogens is 1. The predicted octanol–water partition coefficient (Wildman–Crippen LogP) is 3.00. The Labute approximate surface area is 142 Å². The molecule has 3 saturated heterocycles. The number of hydrogen-bond donors (Lipinski definition) is 0. The standard InChI is InChI=1S/C18H25FN2OS/c1-23-9-8-18(22)21-12-15-4-7-17(21)13-20(11-15)10-14-2-5-16(19)6-3-14/h2-3,5-6,15,17H,4,7-13H2,1H3/t15-,17+/m1/s1. The molecule has 2 bridgehead atoms. The van der Waals surface area contributed by atoms with Crippen LogP contribution in [0, 0.1) is 11.7 Å². The summed E-state index contributed by atoms with van der Waals surface area (Å²) in [6, 6.07) is 7.14. The van der Waals surface area contributed by atoms with Crippen molar-refractivity contribution >= 4 is 17.7 Å². The molecule has 0 unspecified atom stereocenters. The van der Waals surface area contributed by atoms with E-state index >= 15 is 0 Å². The lowest BCUT2D eigenvalue weighted by Crippen LogP contribution is -2.47. The smallest absolute Gasteiger partial charge is 0.223 e. The molecule has 0 N–H and O–H groups in total. The van der Waals surface area contributed by atoms with Gasteiger partial charge in [0.25, 0.3) is 0 Å². The highest BCUT2D eigenvalue weighted by Gasteiger charge is 2.36. The molecule has 5 heteroatoms. The third-order valence-corrected chi connectivity index (χ3v) is 5.56. The van der Waals surface area contributed by atoms with Gasteiger partial charge in [-0.1, -0.05) is 12.1 Å². The SMILES string of the molecule is CSCCC(=O)N1C[C@@H]2CC[C@H]1CN(Cc1ccc(F)cc1)C2. The van der Waals surface area contributed by atoms with Crippen LogP contribution in [-0.4, -0.2) is 53.4 Å². The van der Waals surface area contributed by atoms with Gasteiger partial charge in [-0.15, -0.1) is 0 Å². The van der Waals surface area contributed by atoms with E-state index in [9.17, 15) is 9.18 Å². The third kappa shape index (κ3) is 4.27. The zero-order valence-corrected chi connectivity index (χ0v) is 14.5. The number of thioether (sulfide) groups is 1. The molecule has 4 rings (SSSR count). The number of hydrogen-bond acceptors (Lipinski definition) is 3. The number of carbonyl (C=O) groups is 1. The lowest BCUT2D eigenvalue weighted by atomic mass is 9.95. The fraction of sp³-hybridized carbons (Fsp3) is 0.611. The first-order valence-electron chi connectivity index (χ1n) is 8.41. The van der Waals surface area contributed by atoms with Gasteiger partial charge < -0.3 is 4.90 Å². The molecular formula is C18H25FN2OS. The Balaban J connectivity index is 1.64. The maximum absolute atomic E-state index is 13.0. The largest absolute Gasteiger partial charge is 0.338 e. The Hall–Kier alpha value is -1.07. The molecule has 3 aliphatic heterocycles. The number of carbonyl (C=O) groups excluding carboxylic acids is 1. The van der Waals surface area contributed by atoms with Crippen LogP contribution in [0.25, 0.3) is 0 Å². The fourth-order valence-corrected chi connectivity index (χ4v) is 4.17. The van der Waals surface area contributed by atoms with Crippen molar-refractivity contribution in [2.75, 3.05) is 31.6 Å². The van der Waals surface area contributed by atoms with Crippen LogP contribution in [0.4, 0.5) is 4.39 Å². The van der Waals surface area contributed by atoms with Gasteiger partial charge in [0, 0.05) is 44.4 Å². The molecule has 0 radical (unpaired) electrons. The van der Waals surface area contributed by atoms with Crippen molar-refractivity contribution in [3.63, 3.8) is 0 Å². The number of amides is 1. The second-order valence-corrected chi connectivity index (χ2v) is 7.69. The molecule has 3 fully saturated rings. The van der Waals surface area contributed by atoms with E-state index in [-0.39, 0.29) is 5.82 Å². The number of benzene rings is 1. The average molecular weight is 336 g/mol. The van der Waals surface area contributed by atoms with E-state index in [1.807, 2.05) is 18.4 Å². The second-order valence-electron chi connectivity index (χ2n) is 6.71. The van der Waals surface area contributed by atoms with Crippen molar-refractivity contribution in [1.29, 1.82) is 0 Å². The van der Waals surface area contributed by atoms with Gasteiger partial charge in [-0.05, 0) is 42.7 Å². The normalized spacial score (nSPS) is 24.7. The minimum absolute atomic E-state index is 0.185. The van der Waals surface area contributed by atoms with Crippen LogP contribution >= 0.6 is 11.8 Å². The van der Waals surface area contributed by atoms with Crippen LogP contribution in [0.1, 0.15) is 24.8 Å². The first-order valence-corrected chi connectivity index (χ1v) is 9.80. The van der Waals surface area contributed by atoms with Crippen LogP contribution < -0.4 is 0 Å². The van der Waals surface area contributed by atoms with Gasteiger partial charge in [-0.2, -0.15) is 11.8 Å². The van der Waals surface area contributed by atoms with Crippen molar-refractivity contribution in [3.05, 3.63) is 35.6 Å². The van der Waals surface area contributed by atoms with Gasteiger partial charge in [-0.3, -0.25) is 9.69 Å². The van der Waals surface area contributed by atoms with E-state index in [0.29, 0.717) is 24.3 Å². The minimum Gasteiger partial charge on any atom is -0.338 e. The molecule has 0 aliphatic carbocycles. The van der Waals surface area contributed by atoms with Gasteiger partial charge in [0.15, 0.2) is 0 Å². The Kier molecular flexibility index (Phi) is 5.59. The highest BCUT2D eigenvalue weighted by atomic mass is 32.2. The van der Waals surface area contributed by atoms with Gasteiger partial charge in [0.2, 0.25) is 5.91 Å². The van der Waals surface area contributed by atoms with Gasteiger partial charge in [-0.25, -0.2) is 4.39 Å². The topological polar surface area (TPSA) is 23.6 Å². The Bertz CT molecular complexity index is 536. The molecular weight excluding hydrogens is 311 g/mol. The zero-order valence-electron chi connectivity index (χ0n) is 13.7. The molecule has 126 valence electrons. The lowest BCUT2D eigenvalue weighted by Gasteiger charge is -2.36. The van der Waals surface area contributed by atoms with Gasteiger partial charge in [0.1, 0.15) is 5.82 Å². The first-order chi connectivity index (χ1) is 11.2.